The second-order valence-corrected chi connectivity index (χ2v) is 6.10. The smallest absolute Gasteiger partial charge is 0.193 e. The highest BCUT2D eigenvalue weighted by Gasteiger charge is 2.19. The molecule has 1 aliphatic rings. The van der Waals surface area contributed by atoms with Crippen LogP contribution in [0.3, 0.4) is 0 Å². The molecule has 1 aliphatic heterocycles. The average molecular weight is 447 g/mol. The summed E-state index contributed by atoms with van der Waals surface area (Å²) in [6.45, 7) is 5.30. The van der Waals surface area contributed by atoms with E-state index >= 15 is 0 Å². The molecule has 6 heteroatoms. The molecule has 0 bridgehead atoms. The van der Waals surface area contributed by atoms with Gasteiger partial charge in [-0.2, -0.15) is 0 Å². The number of rotatable bonds is 5. The monoisotopic (exact) mass is 447 g/mol. The van der Waals surface area contributed by atoms with Crippen molar-refractivity contribution in [2.24, 2.45) is 10.9 Å². The fourth-order valence-electron chi connectivity index (χ4n) is 3.10. The summed E-state index contributed by atoms with van der Waals surface area (Å²) in [5.41, 5.74) is 1.14. The Morgan fingerprint density at radius 1 is 1.33 bits per heavy atom. The van der Waals surface area contributed by atoms with Crippen LogP contribution in [0.25, 0.3) is 0 Å². The molecule has 1 N–H and O–H groups in total. The van der Waals surface area contributed by atoms with Gasteiger partial charge in [0.15, 0.2) is 5.96 Å². The van der Waals surface area contributed by atoms with Gasteiger partial charge < -0.3 is 19.7 Å². The summed E-state index contributed by atoms with van der Waals surface area (Å²) in [4.78, 5) is 6.79. The van der Waals surface area contributed by atoms with Crippen molar-refractivity contribution in [3.05, 3.63) is 23.8 Å². The van der Waals surface area contributed by atoms with Crippen molar-refractivity contribution >= 4 is 29.9 Å². The van der Waals surface area contributed by atoms with Crippen LogP contribution in [-0.2, 0) is 6.42 Å². The predicted molar refractivity (Wildman–Crippen MR) is 110 cm³/mol. The largest absolute Gasteiger partial charge is 0.497 e. The Kier molecular flexibility index (Phi) is 9.25. The van der Waals surface area contributed by atoms with Gasteiger partial charge in [-0.3, -0.25) is 4.99 Å². The van der Waals surface area contributed by atoms with Crippen LogP contribution in [0.1, 0.15) is 25.3 Å². The summed E-state index contributed by atoms with van der Waals surface area (Å²) < 4.78 is 10.7. The molecule has 1 fully saturated rings. The molecule has 0 spiro atoms. The summed E-state index contributed by atoms with van der Waals surface area (Å²) in [6.07, 6.45) is 3.42. The number of nitrogens with one attached hydrogen (secondary N) is 1. The van der Waals surface area contributed by atoms with E-state index in [4.69, 9.17) is 9.47 Å². The fraction of sp³-hybridized carbons (Fsp3) is 0.611. The predicted octanol–water partition coefficient (Wildman–Crippen LogP) is 3.17. The second-order valence-electron chi connectivity index (χ2n) is 6.10. The second kappa shape index (κ2) is 10.6. The van der Waals surface area contributed by atoms with Crippen molar-refractivity contribution in [3.63, 3.8) is 0 Å². The highest BCUT2D eigenvalue weighted by molar-refractivity contribution is 14.0. The SMILES string of the molecule is CN=C(NCCc1cc(OC)ccc1OC)N1CCCC(C)C1.I. The Hall–Kier alpha value is -1.18. The van der Waals surface area contributed by atoms with Crippen molar-refractivity contribution in [2.45, 2.75) is 26.2 Å². The van der Waals surface area contributed by atoms with Crippen LogP contribution in [0.2, 0.25) is 0 Å². The van der Waals surface area contributed by atoms with E-state index < -0.39 is 0 Å². The van der Waals surface area contributed by atoms with Crippen molar-refractivity contribution in [3.8, 4) is 11.5 Å². The molecule has 1 unspecified atom stereocenters. The molecule has 5 nitrogen and oxygen atoms in total. The number of ether oxygens (including phenoxy) is 2. The number of benzene rings is 1. The minimum absolute atomic E-state index is 0. The summed E-state index contributed by atoms with van der Waals surface area (Å²) in [5, 5.41) is 3.48. The number of hydrogen-bond donors (Lipinski definition) is 1. The van der Waals surface area contributed by atoms with E-state index in [1.807, 2.05) is 25.2 Å². The molecule has 0 aliphatic carbocycles. The minimum Gasteiger partial charge on any atom is -0.497 e. The zero-order valence-corrected chi connectivity index (χ0v) is 17.5. The standard InChI is InChI=1S/C18H29N3O2.HI/c1-14-6-5-11-21(13-14)18(19-2)20-10-9-15-12-16(22-3)7-8-17(15)23-4;/h7-8,12,14H,5-6,9-11,13H2,1-4H3,(H,19,20);1H. The number of piperidine rings is 1. The Labute approximate surface area is 162 Å². The molecule has 136 valence electrons. The molecule has 1 aromatic rings. The van der Waals surface area contributed by atoms with Crippen LogP contribution in [0.4, 0.5) is 0 Å². The zero-order chi connectivity index (χ0) is 16.7. The number of methoxy groups -OCH3 is 2. The number of aliphatic imine (C=N–C) groups is 1. The Bertz CT molecular complexity index is 537. The summed E-state index contributed by atoms with van der Waals surface area (Å²) in [6, 6.07) is 5.91. The molecule has 1 aromatic carbocycles. The fourth-order valence-corrected chi connectivity index (χ4v) is 3.10. The van der Waals surface area contributed by atoms with E-state index in [1.165, 1.54) is 12.8 Å². The third-order valence-electron chi connectivity index (χ3n) is 4.33. The summed E-state index contributed by atoms with van der Waals surface area (Å²) >= 11 is 0. The van der Waals surface area contributed by atoms with E-state index in [9.17, 15) is 0 Å². The topological polar surface area (TPSA) is 46.1 Å². The molecular weight excluding hydrogens is 417 g/mol. The molecular formula is C18H30IN3O2. The lowest BCUT2D eigenvalue weighted by atomic mass is 10.0. The van der Waals surface area contributed by atoms with Crippen molar-refractivity contribution in [1.29, 1.82) is 0 Å². The first-order valence-corrected chi connectivity index (χ1v) is 8.34. The first-order chi connectivity index (χ1) is 11.2. The number of likely N-dealkylation sites (tertiary alicyclic amines) is 1. The number of nitrogens with zero attached hydrogens (tertiary/aromatic N) is 2. The van der Waals surface area contributed by atoms with Crippen LogP contribution < -0.4 is 14.8 Å². The van der Waals surface area contributed by atoms with Crippen molar-refractivity contribution < 1.29 is 9.47 Å². The maximum Gasteiger partial charge on any atom is 0.193 e. The molecule has 2 rings (SSSR count). The van der Waals surface area contributed by atoms with Gasteiger partial charge in [-0.1, -0.05) is 6.92 Å². The number of halogens is 1. The van der Waals surface area contributed by atoms with E-state index in [1.54, 1.807) is 14.2 Å². The quantitative estimate of drug-likeness (QED) is 0.428. The Morgan fingerprint density at radius 2 is 2.12 bits per heavy atom. The third kappa shape index (κ3) is 5.72. The summed E-state index contributed by atoms with van der Waals surface area (Å²) in [5.74, 6) is 3.49. The highest BCUT2D eigenvalue weighted by atomic mass is 127. The van der Waals surface area contributed by atoms with Gasteiger partial charge >= 0.3 is 0 Å². The zero-order valence-electron chi connectivity index (χ0n) is 15.2. The minimum atomic E-state index is 0. The van der Waals surface area contributed by atoms with Gasteiger partial charge in [-0.05, 0) is 48.9 Å². The Balaban J connectivity index is 0.00000288. The molecule has 0 radical (unpaired) electrons. The number of hydrogen-bond acceptors (Lipinski definition) is 3. The third-order valence-corrected chi connectivity index (χ3v) is 4.33. The highest BCUT2D eigenvalue weighted by Crippen LogP contribution is 2.24. The number of guanidine groups is 1. The normalized spacial score (nSPS) is 17.9. The maximum atomic E-state index is 5.44. The van der Waals surface area contributed by atoms with Gasteiger partial charge in [0.1, 0.15) is 11.5 Å². The lowest BCUT2D eigenvalue weighted by Gasteiger charge is -2.33. The van der Waals surface area contributed by atoms with Crippen LogP contribution >= 0.6 is 24.0 Å². The molecule has 1 saturated heterocycles. The van der Waals surface area contributed by atoms with E-state index in [0.29, 0.717) is 0 Å². The van der Waals surface area contributed by atoms with Gasteiger partial charge in [0, 0.05) is 26.7 Å². The first kappa shape index (κ1) is 20.9. The average Bonchev–Trinajstić information content (AvgIpc) is 2.58. The molecule has 1 atom stereocenters. The molecule has 0 saturated carbocycles. The van der Waals surface area contributed by atoms with E-state index in [0.717, 1.165) is 55.0 Å². The first-order valence-electron chi connectivity index (χ1n) is 8.34. The molecule has 1 heterocycles. The van der Waals surface area contributed by atoms with Crippen LogP contribution in [0.15, 0.2) is 23.2 Å². The van der Waals surface area contributed by atoms with Crippen molar-refractivity contribution in [2.75, 3.05) is 40.9 Å². The van der Waals surface area contributed by atoms with Gasteiger partial charge in [0.05, 0.1) is 14.2 Å². The lowest BCUT2D eigenvalue weighted by molar-refractivity contribution is 0.266. The van der Waals surface area contributed by atoms with Gasteiger partial charge in [0.25, 0.3) is 0 Å². The van der Waals surface area contributed by atoms with Gasteiger partial charge in [-0.15, -0.1) is 24.0 Å². The molecule has 0 amide bonds. The van der Waals surface area contributed by atoms with Crippen LogP contribution in [-0.4, -0.2) is 51.8 Å². The van der Waals surface area contributed by atoms with E-state index in [-0.39, 0.29) is 24.0 Å². The van der Waals surface area contributed by atoms with Crippen molar-refractivity contribution in [1.82, 2.24) is 10.2 Å². The summed E-state index contributed by atoms with van der Waals surface area (Å²) in [7, 11) is 5.24. The Morgan fingerprint density at radius 3 is 2.75 bits per heavy atom. The molecule has 24 heavy (non-hydrogen) atoms. The van der Waals surface area contributed by atoms with E-state index in [2.05, 4.69) is 22.1 Å². The lowest BCUT2D eigenvalue weighted by Crippen LogP contribution is -2.46. The van der Waals surface area contributed by atoms with Crippen LogP contribution in [0.5, 0.6) is 11.5 Å². The maximum absolute atomic E-state index is 5.44. The van der Waals surface area contributed by atoms with Gasteiger partial charge in [-0.25, -0.2) is 0 Å². The van der Waals surface area contributed by atoms with Gasteiger partial charge in [0.2, 0.25) is 0 Å². The van der Waals surface area contributed by atoms with Crippen LogP contribution in [0, 0.1) is 5.92 Å². The molecule has 0 aromatic heterocycles.